The number of carbonyl (C=O) groups is 1. The summed E-state index contributed by atoms with van der Waals surface area (Å²) in [6, 6.07) is 12.6. The first-order valence-corrected chi connectivity index (χ1v) is 7.87. The number of carbonyl (C=O) groups excluding carboxylic acids is 1. The minimum Gasteiger partial charge on any atom is -0.469 e. The minimum absolute atomic E-state index is 0.198. The van der Waals surface area contributed by atoms with E-state index in [2.05, 4.69) is 42.5 Å². The van der Waals surface area contributed by atoms with Crippen molar-refractivity contribution >= 4 is 17.3 Å². The Hall–Kier alpha value is -1.65. The summed E-state index contributed by atoms with van der Waals surface area (Å²) in [4.78, 5) is 15.1. The molecule has 1 heterocycles. The van der Waals surface area contributed by atoms with Crippen molar-refractivity contribution in [2.45, 2.75) is 25.9 Å². The molecule has 1 unspecified atom stereocenters. The van der Waals surface area contributed by atoms with Crippen LogP contribution in [-0.4, -0.2) is 25.0 Å². The van der Waals surface area contributed by atoms with Crippen LogP contribution in [0.5, 0.6) is 0 Å². The second kappa shape index (κ2) is 7.38. The van der Waals surface area contributed by atoms with Gasteiger partial charge in [0.15, 0.2) is 0 Å². The molecule has 112 valence electrons. The topological polar surface area (TPSA) is 29.5 Å². The van der Waals surface area contributed by atoms with Crippen molar-refractivity contribution in [1.82, 2.24) is 4.90 Å². The van der Waals surface area contributed by atoms with E-state index in [-0.39, 0.29) is 5.97 Å². The molecule has 2 aromatic rings. The second-order valence-electron chi connectivity index (χ2n) is 5.13. The predicted molar refractivity (Wildman–Crippen MR) is 86.4 cm³/mol. The highest BCUT2D eigenvalue weighted by atomic mass is 32.1. The Morgan fingerprint density at radius 3 is 2.57 bits per heavy atom. The van der Waals surface area contributed by atoms with Crippen LogP contribution in [-0.2, 0) is 22.5 Å². The highest BCUT2D eigenvalue weighted by Gasteiger charge is 2.15. The lowest BCUT2D eigenvalue weighted by atomic mass is 10.0. The van der Waals surface area contributed by atoms with E-state index in [4.69, 9.17) is 4.74 Å². The molecule has 0 fully saturated rings. The number of hydrogen-bond acceptors (Lipinski definition) is 4. The molecule has 0 saturated carbocycles. The Morgan fingerprint density at radius 2 is 1.95 bits per heavy atom. The van der Waals surface area contributed by atoms with Crippen LogP contribution >= 0.6 is 11.3 Å². The zero-order valence-corrected chi connectivity index (χ0v) is 13.5. The predicted octanol–water partition coefficient (Wildman–Crippen LogP) is 3.66. The standard InChI is InChI=1S/C17H21NO2S/c1-13(16-9-6-10-21-16)18(2)12-15-8-5-4-7-14(15)11-17(19)20-3/h4-10,13H,11-12H2,1-3H3. The Labute approximate surface area is 130 Å². The molecular weight excluding hydrogens is 282 g/mol. The monoisotopic (exact) mass is 303 g/mol. The van der Waals surface area contributed by atoms with Crippen molar-refractivity contribution < 1.29 is 9.53 Å². The summed E-state index contributed by atoms with van der Waals surface area (Å²) in [6.45, 7) is 3.01. The normalized spacial score (nSPS) is 12.4. The smallest absolute Gasteiger partial charge is 0.309 e. The first-order chi connectivity index (χ1) is 10.1. The maximum atomic E-state index is 11.5. The van der Waals surface area contributed by atoms with E-state index in [1.807, 2.05) is 18.2 Å². The van der Waals surface area contributed by atoms with Gasteiger partial charge < -0.3 is 4.74 Å². The summed E-state index contributed by atoms with van der Waals surface area (Å²) < 4.78 is 4.77. The Morgan fingerprint density at radius 1 is 1.24 bits per heavy atom. The number of thiophene rings is 1. The molecule has 0 saturated heterocycles. The maximum absolute atomic E-state index is 11.5. The van der Waals surface area contributed by atoms with E-state index >= 15 is 0 Å². The average molecular weight is 303 g/mol. The minimum atomic E-state index is -0.198. The third-order valence-corrected chi connectivity index (χ3v) is 4.76. The third kappa shape index (κ3) is 4.16. The van der Waals surface area contributed by atoms with Crippen molar-refractivity contribution in [1.29, 1.82) is 0 Å². The molecule has 0 bridgehead atoms. The van der Waals surface area contributed by atoms with Gasteiger partial charge in [0.1, 0.15) is 0 Å². The summed E-state index contributed by atoms with van der Waals surface area (Å²) >= 11 is 1.77. The molecule has 2 rings (SSSR count). The molecule has 0 aliphatic heterocycles. The summed E-state index contributed by atoms with van der Waals surface area (Å²) in [6.07, 6.45) is 0.327. The maximum Gasteiger partial charge on any atom is 0.309 e. The lowest BCUT2D eigenvalue weighted by molar-refractivity contribution is -0.139. The summed E-state index contributed by atoms with van der Waals surface area (Å²) in [5.41, 5.74) is 2.21. The number of rotatable bonds is 6. The molecule has 4 heteroatoms. The molecule has 0 aliphatic carbocycles. The van der Waals surface area contributed by atoms with Crippen molar-refractivity contribution in [3.8, 4) is 0 Å². The molecule has 0 spiro atoms. The van der Waals surface area contributed by atoms with Gasteiger partial charge in [-0.3, -0.25) is 9.69 Å². The molecule has 0 radical (unpaired) electrons. The van der Waals surface area contributed by atoms with Gasteiger partial charge in [-0.1, -0.05) is 30.3 Å². The third-order valence-electron chi connectivity index (χ3n) is 3.72. The largest absolute Gasteiger partial charge is 0.469 e. The molecular formula is C17H21NO2S. The van der Waals surface area contributed by atoms with E-state index < -0.39 is 0 Å². The molecule has 3 nitrogen and oxygen atoms in total. The van der Waals surface area contributed by atoms with Gasteiger partial charge in [-0.25, -0.2) is 0 Å². The van der Waals surface area contributed by atoms with Crippen LogP contribution in [0.1, 0.15) is 29.0 Å². The first-order valence-electron chi connectivity index (χ1n) is 6.99. The summed E-state index contributed by atoms with van der Waals surface area (Å²) in [7, 11) is 3.54. The van der Waals surface area contributed by atoms with Crippen LogP contribution in [0, 0.1) is 0 Å². The molecule has 21 heavy (non-hydrogen) atoms. The van der Waals surface area contributed by atoms with Gasteiger partial charge in [0.25, 0.3) is 0 Å². The first kappa shape index (κ1) is 15.7. The van der Waals surface area contributed by atoms with E-state index in [0.29, 0.717) is 12.5 Å². The fourth-order valence-electron chi connectivity index (χ4n) is 2.26. The zero-order valence-electron chi connectivity index (χ0n) is 12.7. The van der Waals surface area contributed by atoms with Gasteiger partial charge in [-0.2, -0.15) is 0 Å². The van der Waals surface area contributed by atoms with Gasteiger partial charge in [-0.05, 0) is 36.5 Å². The second-order valence-corrected chi connectivity index (χ2v) is 6.11. The number of methoxy groups -OCH3 is 1. The van der Waals surface area contributed by atoms with Gasteiger partial charge >= 0.3 is 5.97 Å². The lowest BCUT2D eigenvalue weighted by Gasteiger charge is -2.25. The van der Waals surface area contributed by atoms with Crippen LogP contribution < -0.4 is 0 Å². The SMILES string of the molecule is COC(=O)Cc1ccccc1CN(C)C(C)c1cccs1. The fourth-order valence-corrected chi connectivity index (χ4v) is 3.11. The van der Waals surface area contributed by atoms with Crippen LogP contribution in [0.2, 0.25) is 0 Å². The van der Waals surface area contributed by atoms with Crippen molar-refractivity contribution in [2.24, 2.45) is 0 Å². The van der Waals surface area contributed by atoms with E-state index in [1.165, 1.54) is 17.6 Å². The van der Waals surface area contributed by atoms with Crippen molar-refractivity contribution in [3.63, 3.8) is 0 Å². The van der Waals surface area contributed by atoms with E-state index in [9.17, 15) is 4.79 Å². The molecule has 0 amide bonds. The Kier molecular flexibility index (Phi) is 5.53. The zero-order chi connectivity index (χ0) is 15.2. The van der Waals surface area contributed by atoms with Crippen LogP contribution in [0.4, 0.5) is 0 Å². The van der Waals surface area contributed by atoms with Crippen molar-refractivity contribution in [2.75, 3.05) is 14.2 Å². The van der Waals surface area contributed by atoms with Gasteiger partial charge in [0, 0.05) is 17.5 Å². The Balaban J connectivity index is 2.10. The number of esters is 1. The van der Waals surface area contributed by atoms with Crippen LogP contribution in [0.15, 0.2) is 41.8 Å². The van der Waals surface area contributed by atoms with Crippen molar-refractivity contribution in [3.05, 3.63) is 57.8 Å². The molecule has 1 atom stereocenters. The molecule has 1 aromatic heterocycles. The summed E-state index contributed by atoms with van der Waals surface area (Å²) in [5, 5.41) is 2.10. The highest BCUT2D eigenvalue weighted by Crippen LogP contribution is 2.25. The average Bonchev–Trinajstić information content (AvgIpc) is 3.02. The lowest BCUT2D eigenvalue weighted by Crippen LogP contribution is -2.22. The van der Waals surface area contributed by atoms with Gasteiger partial charge in [0.05, 0.1) is 13.5 Å². The van der Waals surface area contributed by atoms with Gasteiger partial charge in [-0.15, -0.1) is 11.3 Å². The number of benzene rings is 1. The fraction of sp³-hybridized carbons (Fsp3) is 0.353. The number of ether oxygens (including phenoxy) is 1. The number of nitrogens with zero attached hydrogens (tertiary/aromatic N) is 1. The number of hydrogen-bond donors (Lipinski definition) is 0. The molecule has 1 aromatic carbocycles. The molecule has 0 aliphatic rings. The highest BCUT2D eigenvalue weighted by molar-refractivity contribution is 7.10. The Bertz CT molecular complexity index is 580. The summed E-state index contributed by atoms with van der Waals surface area (Å²) in [5.74, 6) is -0.198. The quantitative estimate of drug-likeness (QED) is 0.763. The van der Waals surface area contributed by atoms with E-state index in [0.717, 1.165) is 12.1 Å². The van der Waals surface area contributed by atoms with E-state index in [1.54, 1.807) is 11.3 Å². The van der Waals surface area contributed by atoms with Gasteiger partial charge in [0.2, 0.25) is 0 Å². The molecule has 0 N–H and O–H groups in total. The van der Waals surface area contributed by atoms with Crippen LogP contribution in [0.3, 0.4) is 0 Å². The van der Waals surface area contributed by atoms with Crippen LogP contribution in [0.25, 0.3) is 0 Å².